The fourth-order valence-electron chi connectivity index (χ4n) is 2.04. The lowest BCUT2D eigenvalue weighted by Crippen LogP contribution is -2.40. The van der Waals surface area contributed by atoms with Gasteiger partial charge in [0.05, 0.1) is 6.26 Å². The van der Waals surface area contributed by atoms with Gasteiger partial charge in [0.2, 0.25) is 10.0 Å². The minimum Gasteiger partial charge on any atom is -0.377 e. The Morgan fingerprint density at radius 3 is 2.75 bits per heavy atom. The molecule has 0 aromatic carbocycles. The predicted octanol–water partition coefficient (Wildman–Crippen LogP) is 0.264. The summed E-state index contributed by atoms with van der Waals surface area (Å²) in [5.41, 5.74) is 0. The van der Waals surface area contributed by atoms with Gasteiger partial charge >= 0.3 is 0 Å². The number of methoxy groups -OCH3 is 1. The number of ketones is 1. The van der Waals surface area contributed by atoms with Crippen LogP contribution in [0.25, 0.3) is 0 Å². The van der Waals surface area contributed by atoms with E-state index in [1.807, 2.05) is 0 Å². The maximum Gasteiger partial charge on any atom is 0.211 e. The highest BCUT2D eigenvalue weighted by Gasteiger charge is 2.26. The molecule has 1 aliphatic heterocycles. The smallest absolute Gasteiger partial charge is 0.211 e. The van der Waals surface area contributed by atoms with Gasteiger partial charge in [-0.25, -0.2) is 12.7 Å². The number of hydrogen-bond donors (Lipinski definition) is 0. The molecule has 0 aromatic rings. The molecule has 1 atom stereocenters. The Morgan fingerprint density at radius 1 is 1.50 bits per heavy atom. The Labute approximate surface area is 96.8 Å². The van der Waals surface area contributed by atoms with Crippen LogP contribution in [-0.4, -0.2) is 51.6 Å². The van der Waals surface area contributed by atoms with Gasteiger partial charge in [-0.1, -0.05) is 0 Å². The van der Waals surface area contributed by atoms with Gasteiger partial charge in [-0.05, 0) is 18.8 Å². The summed E-state index contributed by atoms with van der Waals surface area (Å²) in [6.45, 7) is 1.16. The topological polar surface area (TPSA) is 63.7 Å². The Morgan fingerprint density at radius 2 is 2.19 bits per heavy atom. The minimum absolute atomic E-state index is 0.0443. The molecule has 0 radical (unpaired) electrons. The van der Waals surface area contributed by atoms with E-state index >= 15 is 0 Å². The summed E-state index contributed by atoms with van der Waals surface area (Å²) in [5.74, 6) is 0.189. The third-order valence-electron chi connectivity index (χ3n) is 2.77. The van der Waals surface area contributed by atoms with Crippen molar-refractivity contribution >= 4 is 15.8 Å². The lowest BCUT2D eigenvalue weighted by atomic mass is 9.94. The van der Waals surface area contributed by atoms with Crippen LogP contribution in [0.3, 0.4) is 0 Å². The van der Waals surface area contributed by atoms with E-state index in [1.165, 1.54) is 17.7 Å². The molecule has 1 aliphatic rings. The molecule has 6 heteroatoms. The first-order valence-electron chi connectivity index (χ1n) is 5.39. The molecule has 0 N–H and O–H groups in total. The van der Waals surface area contributed by atoms with Crippen LogP contribution in [-0.2, 0) is 19.6 Å². The van der Waals surface area contributed by atoms with Crippen LogP contribution in [0.5, 0.6) is 0 Å². The molecule has 0 bridgehead atoms. The van der Waals surface area contributed by atoms with Crippen molar-refractivity contribution in [3.63, 3.8) is 0 Å². The van der Waals surface area contributed by atoms with Crippen LogP contribution in [0, 0.1) is 5.92 Å². The highest BCUT2D eigenvalue weighted by Crippen LogP contribution is 2.21. The van der Waals surface area contributed by atoms with Crippen LogP contribution >= 0.6 is 0 Å². The zero-order valence-corrected chi connectivity index (χ0v) is 10.6. The summed E-state index contributed by atoms with van der Waals surface area (Å²) in [7, 11) is -1.63. The number of carbonyl (C=O) groups excluding carboxylic acids is 1. The van der Waals surface area contributed by atoms with Crippen LogP contribution in [0.2, 0.25) is 0 Å². The van der Waals surface area contributed by atoms with Gasteiger partial charge in [-0.15, -0.1) is 0 Å². The third-order valence-corrected chi connectivity index (χ3v) is 4.04. The molecule has 0 amide bonds. The van der Waals surface area contributed by atoms with Gasteiger partial charge in [0.15, 0.2) is 5.78 Å². The molecule has 0 aromatic heterocycles. The Kier molecular flexibility index (Phi) is 4.89. The van der Waals surface area contributed by atoms with E-state index in [4.69, 9.17) is 4.74 Å². The summed E-state index contributed by atoms with van der Waals surface area (Å²) in [5, 5.41) is 0. The van der Waals surface area contributed by atoms with Crippen molar-refractivity contribution in [1.29, 1.82) is 0 Å². The normalized spacial score (nSPS) is 23.2. The van der Waals surface area contributed by atoms with Crippen LogP contribution in [0.4, 0.5) is 0 Å². The van der Waals surface area contributed by atoms with E-state index in [-0.39, 0.29) is 18.3 Å². The van der Waals surface area contributed by atoms with Crippen molar-refractivity contribution in [3.8, 4) is 0 Å². The molecule has 5 nitrogen and oxygen atoms in total. The fourth-order valence-corrected chi connectivity index (χ4v) is 2.98. The lowest BCUT2D eigenvalue weighted by molar-refractivity contribution is -0.123. The molecule has 16 heavy (non-hydrogen) atoms. The number of nitrogens with zero attached hydrogens (tertiary/aromatic N) is 1. The van der Waals surface area contributed by atoms with Gasteiger partial charge in [-0.2, -0.15) is 0 Å². The van der Waals surface area contributed by atoms with E-state index in [2.05, 4.69) is 0 Å². The molecule has 1 rings (SSSR count). The van der Waals surface area contributed by atoms with Crippen molar-refractivity contribution in [2.75, 3.05) is 33.1 Å². The standard InChI is InChI=1S/C10H19NO4S/c1-15-8-10(12)6-9-4-3-5-11(7-9)16(2,13)14/h9H,3-8H2,1-2H3. The molecule has 1 unspecified atom stereocenters. The lowest BCUT2D eigenvalue weighted by Gasteiger charge is -2.30. The average molecular weight is 249 g/mol. The number of rotatable bonds is 5. The highest BCUT2D eigenvalue weighted by molar-refractivity contribution is 7.88. The molecule has 0 saturated carbocycles. The summed E-state index contributed by atoms with van der Waals surface area (Å²) in [6, 6.07) is 0. The molecule has 94 valence electrons. The molecule has 1 fully saturated rings. The summed E-state index contributed by atoms with van der Waals surface area (Å²) < 4.78 is 28.9. The number of sulfonamides is 1. The zero-order chi connectivity index (χ0) is 12.2. The van der Waals surface area contributed by atoms with Gasteiger partial charge in [0, 0.05) is 26.6 Å². The SMILES string of the molecule is COCC(=O)CC1CCCN(S(C)(=O)=O)C1. The molecule has 1 saturated heterocycles. The molecule has 0 spiro atoms. The van der Waals surface area contributed by atoms with Crippen LogP contribution < -0.4 is 0 Å². The van der Waals surface area contributed by atoms with E-state index < -0.39 is 10.0 Å². The maximum absolute atomic E-state index is 11.4. The number of piperidine rings is 1. The van der Waals surface area contributed by atoms with Gasteiger partial charge in [0.25, 0.3) is 0 Å². The first kappa shape index (κ1) is 13.6. The summed E-state index contributed by atoms with van der Waals surface area (Å²) >= 11 is 0. The number of Topliss-reactive ketones (excluding diaryl/α,β-unsaturated/α-hetero) is 1. The fraction of sp³-hybridized carbons (Fsp3) is 0.900. The molecular weight excluding hydrogens is 230 g/mol. The summed E-state index contributed by atoms with van der Waals surface area (Å²) in [4.78, 5) is 11.4. The Bertz CT molecular complexity index is 339. The van der Waals surface area contributed by atoms with E-state index in [0.717, 1.165) is 12.8 Å². The van der Waals surface area contributed by atoms with Gasteiger partial charge in [-0.3, -0.25) is 4.79 Å². The van der Waals surface area contributed by atoms with E-state index in [1.54, 1.807) is 0 Å². The van der Waals surface area contributed by atoms with Gasteiger partial charge in [0.1, 0.15) is 6.61 Å². The second kappa shape index (κ2) is 5.75. The van der Waals surface area contributed by atoms with Crippen molar-refractivity contribution in [2.45, 2.75) is 19.3 Å². The monoisotopic (exact) mass is 249 g/mol. The molecule has 1 heterocycles. The Balaban J connectivity index is 2.48. The van der Waals surface area contributed by atoms with E-state index in [9.17, 15) is 13.2 Å². The molecular formula is C10H19NO4S. The second-order valence-corrected chi connectivity index (χ2v) is 6.29. The predicted molar refractivity (Wildman–Crippen MR) is 60.6 cm³/mol. The van der Waals surface area contributed by atoms with Crippen molar-refractivity contribution in [3.05, 3.63) is 0 Å². The Hall–Kier alpha value is -0.460. The first-order valence-corrected chi connectivity index (χ1v) is 7.24. The minimum atomic E-state index is -3.12. The third kappa shape index (κ3) is 4.19. The largest absolute Gasteiger partial charge is 0.377 e. The highest BCUT2D eigenvalue weighted by atomic mass is 32.2. The zero-order valence-electron chi connectivity index (χ0n) is 9.81. The number of hydrogen-bond acceptors (Lipinski definition) is 4. The van der Waals surface area contributed by atoms with Gasteiger partial charge < -0.3 is 4.74 Å². The maximum atomic E-state index is 11.4. The first-order chi connectivity index (χ1) is 7.43. The van der Waals surface area contributed by atoms with Crippen molar-refractivity contribution < 1.29 is 17.9 Å². The van der Waals surface area contributed by atoms with Crippen LogP contribution in [0.15, 0.2) is 0 Å². The van der Waals surface area contributed by atoms with Crippen LogP contribution in [0.1, 0.15) is 19.3 Å². The summed E-state index contributed by atoms with van der Waals surface area (Å²) in [6.07, 6.45) is 3.38. The quantitative estimate of drug-likeness (QED) is 0.701. The van der Waals surface area contributed by atoms with Crippen molar-refractivity contribution in [1.82, 2.24) is 4.31 Å². The average Bonchev–Trinajstić information content (AvgIpc) is 2.17. The second-order valence-electron chi connectivity index (χ2n) is 4.31. The number of ether oxygens (including phenoxy) is 1. The van der Waals surface area contributed by atoms with E-state index in [0.29, 0.717) is 19.5 Å². The van der Waals surface area contributed by atoms with Crippen molar-refractivity contribution in [2.24, 2.45) is 5.92 Å². The molecule has 0 aliphatic carbocycles. The number of carbonyl (C=O) groups is 1.